The Hall–Kier alpha value is -3.07. The fourth-order valence-electron chi connectivity index (χ4n) is 5.45. The van der Waals surface area contributed by atoms with E-state index in [-0.39, 0.29) is 26.1 Å². The second-order valence-electron chi connectivity index (χ2n) is 15.7. The van der Waals surface area contributed by atoms with E-state index in [9.17, 15) is 19.0 Å². The van der Waals surface area contributed by atoms with Crippen molar-refractivity contribution in [2.45, 2.75) is 155 Å². The predicted octanol–water partition coefficient (Wildman–Crippen LogP) is 13.0. The Kier molecular flexibility index (Phi) is 38.2. The van der Waals surface area contributed by atoms with Gasteiger partial charge >= 0.3 is 19.8 Å². The number of carbonyl (C=O) groups excluding carboxylic acids is 2. The number of phosphoric ester groups is 1. The van der Waals surface area contributed by atoms with Gasteiger partial charge in [-0.1, -0.05) is 156 Å². The van der Waals surface area contributed by atoms with Gasteiger partial charge in [0.15, 0.2) is 6.10 Å². The molecule has 0 saturated heterocycles. The number of rotatable bonds is 39. The number of carbonyl (C=O) groups is 2. The fourth-order valence-corrected chi connectivity index (χ4v) is 6.19. The highest BCUT2D eigenvalue weighted by atomic mass is 31.2. The van der Waals surface area contributed by atoms with Gasteiger partial charge in [0.05, 0.1) is 27.7 Å². The summed E-state index contributed by atoms with van der Waals surface area (Å²) in [6.07, 6.45) is 53.1. The van der Waals surface area contributed by atoms with Crippen molar-refractivity contribution in [2.75, 3.05) is 47.5 Å². The van der Waals surface area contributed by atoms with E-state index in [0.717, 1.165) is 109 Å². The Labute approximate surface area is 360 Å². The number of ether oxygens (including phenoxy) is 2. The fraction of sp³-hybridized carbons (Fsp3) is 0.633. The second kappa shape index (κ2) is 40.3. The number of nitrogens with zero attached hydrogens (tertiary/aromatic N) is 1. The van der Waals surface area contributed by atoms with Gasteiger partial charge in [-0.15, -0.1) is 0 Å². The minimum atomic E-state index is -4.39. The summed E-state index contributed by atoms with van der Waals surface area (Å²) < 4.78 is 34.3. The highest BCUT2D eigenvalue weighted by Crippen LogP contribution is 2.43. The number of likely N-dealkylation sites (N-methyl/N-ethyl adjacent to an activating group) is 1. The Morgan fingerprint density at radius 2 is 1.00 bits per heavy atom. The molecule has 0 saturated carbocycles. The molecule has 0 amide bonds. The topological polar surface area (TPSA) is 108 Å². The van der Waals surface area contributed by atoms with Gasteiger partial charge in [-0.2, -0.15) is 0 Å². The Bertz CT molecular complexity index is 1320. The number of phosphoric acid groups is 1. The van der Waals surface area contributed by atoms with Crippen molar-refractivity contribution in [3.8, 4) is 0 Å². The molecule has 0 aromatic heterocycles. The van der Waals surface area contributed by atoms with E-state index >= 15 is 0 Å². The van der Waals surface area contributed by atoms with E-state index in [1.165, 1.54) is 0 Å². The monoisotopic (exact) mass is 845 g/mol. The molecular weight excluding hydrogens is 762 g/mol. The van der Waals surface area contributed by atoms with Crippen molar-refractivity contribution < 1.29 is 42.1 Å². The molecule has 0 bridgehead atoms. The Morgan fingerprint density at radius 1 is 0.542 bits per heavy atom. The zero-order valence-electron chi connectivity index (χ0n) is 37.7. The number of unbranched alkanes of at least 4 members (excludes halogenated alkanes) is 11. The summed E-state index contributed by atoms with van der Waals surface area (Å²) >= 11 is 0. The molecule has 0 radical (unpaired) electrons. The maximum atomic E-state index is 12.7. The molecule has 2 atom stereocenters. The molecule has 0 spiro atoms. The van der Waals surface area contributed by atoms with Gasteiger partial charge in [-0.05, 0) is 77.0 Å². The van der Waals surface area contributed by atoms with Gasteiger partial charge < -0.3 is 18.9 Å². The third-order valence-electron chi connectivity index (χ3n) is 8.92. The molecule has 0 fully saturated rings. The van der Waals surface area contributed by atoms with E-state index in [0.29, 0.717) is 23.9 Å². The molecule has 0 heterocycles. The number of hydrogen-bond donors (Lipinski definition) is 1. The van der Waals surface area contributed by atoms with Crippen molar-refractivity contribution >= 4 is 19.8 Å². The van der Waals surface area contributed by atoms with E-state index < -0.39 is 32.5 Å². The minimum absolute atomic E-state index is 0.0188. The van der Waals surface area contributed by atoms with Crippen LogP contribution in [0.1, 0.15) is 149 Å². The highest BCUT2D eigenvalue weighted by molar-refractivity contribution is 7.47. The van der Waals surface area contributed by atoms with Gasteiger partial charge in [0.25, 0.3) is 0 Å². The molecule has 2 unspecified atom stereocenters. The third-order valence-corrected chi connectivity index (χ3v) is 9.90. The van der Waals surface area contributed by atoms with Crippen LogP contribution in [0.25, 0.3) is 0 Å². The highest BCUT2D eigenvalue weighted by Gasteiger charge is 2.27. The largest absolute Gasteiger partial charge is 0.472 e. The lowest BCUT2D eigenvalue weighted by molar-refractivity contribution is -0.870. The van der Waals surface area contributed by atoms with Gasteiger partial charge in [0.1, 0.15) is 19.8 Å². The molecule has 1 N–H and O–H groups in total. The summed E-state index contributed by atoms with van der Waals surface area (Å²) in [5.74, 6) is -0.850. The van der Waals surface area contributed by atoms with Crippen molar-refractivity contribution in [1.29, 1.82) is 0 Å². The molecule has 9 nitrogen and oxygen atoms in total. The van der Waals surface area contributed by atoms with Crippen LogP contribution in [0, 0.1) is 0 Å². The SMILES string of the molecule is CC/C=C/C=C/C=C/CCCCCCCC(=O)OC(COC(=O)CCCCCCCC/C=C/C/C=C/C/C=C/C/C=C/C/C=C/CC)COP(=O)(O)OCC[N+](C)(C)C. The van der Waals surface area contributed by atoms with Crippen LogP contribution < -0.4 is 0 Å². The van der Waals surface area contributed by atoms with Crippen LogP contribution in [-0.2, 0) is 32.7 Å². The molecule has 0 aliphatic rings. The molecule has 10 heteroatoms. The molecular formula is C49H83NO8P+. The summed E-state index contributed by atoms with van der Waals surface area (Å²) in [5.41, 5.74) is 0. The second-order valence-corrected chi connectivity index (χ2v) is 17.2. The number of hydrogen-bond acceptors (Lipinski definition) is 7. The Balaban J connectivity index is 4.37. The first-order valence-electron chi connectivity index (χ1n) is 22.5. The zero-order valence-corrected chi connectivity index (χ0v) is 38.6. The van der Waals surface area contributed by atoms with Gasteiger partial charge in [-0.25, -0.2) is 4.57 Å². The van der Waals surface area contributed by atoms with Crippen molar-refractivity contribution in [1.82, 2.24) is 0 Å². The first-order chi connectivity index (χ1) is 28.5. The summed E-state index contributed by atoms with van der Waals surface area (Å²) in [4.78, 5) is 35.4. The summed E-state index contributed by atoms with van der Waals surface area (Å²) in [5, 5.41) is 0. The molecule has 0 aliphatic carbocycles. The first-order valence-corrected chi connectivity index (χ1v) is 24.0. The van der Waals surface area contributed by atoms with Gasteiger partial charge in [-0.3, -0.25) is 18.6 Å². The van der Waals surface area contributed by atoms with Crippen LogP contribution >= 0.6 is 7.82 Å². The quantitative estimate of drug-likeness (QED) is 0.0163. The van der Waals surface area contributed by atoms with Gasteiger partial charge in [0, 0.05) is 12.8 Å². The van der Waals surface area contributed by atoms with Crippen LogP contribution in [0.2, 0.25) is 0 Å². The average molecular weight is 845 g/mol. The van der Waals surface area contributed by atoms with E-state index in [1.807, 2.05) is 39.4 Å². The van der Waals surface area contributed by atoms with Crippen LogP contribution in [-0.4, -0.2) is 74.9 Å². The van der Waals surface area contributed by atoms with Crippen LogP contribution in [0.3, 0.4) is 0 Å². The van der Waals surface area contributed by atoms with E-state index in [2.05, 4.69) is 92.8 Å². The number of esters is 2. The lowest BCUT2D eigenvalue weighted by Crippen LogP contribution is -2.37. The molecule has 0 rings (SSSR count). The molecule has 0 aromatic rings. The maximum absolute atomic E-state index is 12.7. The molecule has 0 aromatic carbocycles. The molecule has 59 heavy (non-hydrogen) atoms. The van der Waals surface area contributed by atoms with E-state index in [1.54, 1.807) is 0 Å². The lowest BCUT2D eigenvalue weighted by atomic mass is 10.1. The summed E-state index contributed by atoms with van der Waals surface area (Å²) in [6, 6.07) is 0. The summed E-state index contributed by atoms with van der Waals surface area (Å²) in [7, 11) is 1.43. The number of quaternary nitrogens is 1. The van der Waals surface area contributed by atoms with Crippen molar-refractivity contribution in [2.24, 2.45) is 0 Å². The van der Waals surface area contributed by atoms with Crippen molar-refractivity contribution in [3.05, 3.63) is 97.2 Å². The summed E-state index contributed by atoms with van der Waals surface area (Å²) in [6.45, 7) is 4.10. The van der Waals surface area contributed by atoms with Gasteiger partial charge in [0.2, 0.25) is 0 Å². The standard InChI is InChI=1S/C49H82NO8P/c1-6-8-10-12-14-16-18-20-21-22-23-24-25-26-27-28-30-31-33-35-37-39-41-48(51)55-45-47(46-57-59(53,54)56-44-43-50(3,4)5)58-49(52)42-40-38-36-34-32-29-19-17-15-13-11-9-7-2/h8-11,13-17,19-21,23-24,26-27,47H,6-7,12,18,22,25,28-46H2,1-5H3/p+1/b10-8+,11-9+,15-13+,16-14+,19-17+,21-20+,24-23+,27-26+. The molecule has 0 aliphatic heterocycles. The van der Waals surface area contributed by atoms with Crippen LogP contribution in [0.5, 0.6) is 0 Å². The smallest absolute Gasteiger partial charge is 0.462 e. The third kappa shape index (κ3) is 44.3. The maximum Gasteiger partial charge on any atom is 0.472 e. The minimum Gasteiger partial charge on any atom is -0.462 e. The normalized spacial score (nSPS) is 14.5. The first kappa shape index (κ1) is 55.9. The Morgan fingerprint density at radius 3 is 1.54 bits per heavy atom. The predicted molar refractivity (Wildman–Crippen MR) is 247 cm³/mol. The van der Waals surface area contributed by atoms with E-state index in [4.69, 9.17) is 18.5 Å². The molecule has 336 valence electrons. The number of allylic oxidation sites excluding steroid dienone is 16. The average Bonchev–Trinajstić information content (AvgIpc) is 3.19. The zero-order chi connectivity index (χ0) is 43.6. The lowest BCUT2D eigenvalue weighted by Gasteiger charge is -2.24. The van der Waals surface area contributed by atoms with Crippen molar-refractivity contribution in [3.63, 3.8) is 0 Å². The van der Waals surface area contributed by atoms with Crippen LogP contribution in [0.4, 0.5) is 0 Å². The van der Waals surface area contributed by atoms with Crippen LogP contribution in [0.15, 0.2) is 97.2 Å².